The molecule has 0 amide bonds. The summed E-state index contributed by atoms with van der Waals surface area (Å²) in [5, 5.41) is 7.38. The second-order valence-corrected chi connectivity index (χ2v) is 14.3. The van der Waals surface area contributed by atoms with Crippen molar-refractivity contribution in [2.75, 3.05) is 0 Å². The standard InChI is InChI=1S/C48H29NOS/c1-3-11-30(12-4-1)32-21-24-41-38(27-32)39-28-33(31-13-5-2-6-14-31)22-25-42(39)49(41)43-18-9-17-36-40-29-34(23-26-46(40)51-48(36)43)35-16-10-20-45-47(35)37-15-7-8-19-44(37)50-45/h1-29H. The monoisotopic (exact) mass is 667 g/mol. The van der Waals surface area contributed by atoms with Crippen LogP contribution in [0.5, 0.6) is 0 Å². The quantitative estimate of drug-likeness (QED) is 0.183. The molecule has 0 unspecified atom stereocenters. The first kappa shape index (κ1) is 28.4. The maximum Gasteiger partial charge on any atom is 0.136 e. The Morgan fingerprint density at radius 2 is 0.980 bits per heavy atom. The van der Waals surface area contributed by atoms with E-state index in [-0.39, 0.29) is 0 Å². The number of para-hydroxylation sites is 1. The van der Waals surface area contributed by atoms with E-state index in [0.717, 1.165) is 16.6 Å². The lowest BCUT2D eigenvalue weighted by molar-refractivity contribution is 0.669. The molecule has 3 heteroatoms. The summed E-state index contributed by atoms with van der Waals surface area (Å²) in [5.41, 5.74) is 12.7. The summed E-state index contributed by atoms with van der Waals surface area (Å²) in [6.07, 6.45) is 0. The largest absolute Gasteiger partial charge is 0.456 e. The van der Waals surface area contributed by atoms with Crippen LogP contribution in [-0.4, -0.2) is 4.57 Å². The number of fused-ring (bicyclic) bond motifs is 9. The van der Waals surface area contributed by atoms with Crippen molar-refractivity contribution in [2.24, 2.45) is 0 Å². The second kappa shape index (κ2) is 11.0. The van der Waals surface area contributed by atoms with Crippen molar-refractivity contribution >= 4 is 75.3 Å². The number of benzene rings is 8. The van der Waals surface area contributed by atoms with E-state index in [4.69, 9.17) is 4.42 Å². The van der Waals surface area contributed by atoms with Gasteiger partial charge in [0.1, 0.15) is 11.2 Å². The maximum absolute atomic E-state index is 6.25. The molecule has 0 bridgehead atoms. The van der Waals surface area contributed by atoms with E-state index in [1.807, 2.05) is 17.4 Å². The molecule has 238 valence electrons. The SMILES string of the molecule is c1ccc(-c2ccc3c(c2)c2cc(-c4ccccc4)ccc2n3-c2cccc3c2sc2ccc(-c4cccc5oc6ccccc6c45)cc23)cc1. The van der Waals surface area contributed by atoms with Crippen molar-refractivity contribution in [3.63, 3.8) is 0 Å². The minimum Gasteiger partial charge on any atom is -0.456 e. The fourth-order valence-electron chi connectivity index (χ4n) is 8.05. The summed E-state index contributed by atoms with van der Waals surface area (Å²) >= 11 is 1.88. The van der Waals surface area contributed by atoms with Crippen LogP contribution in [0.15, 0.2) is 180 Å². The lowest BCUT2D eigenvalue weighted by Gasteiger charge is -2.10. The maximum atomic E-state index is 6.25. The van der Waals surface area contributed by atoms with Crippen LogP contribution in [0.4, 0.5) is 0 Å². The van der Waals surface area contributed by atoms with Crippen LogP contribution >= 0.6 is 11.3 Å². The third-order valence-electron chi connectivity index (χ3n) is 10.4. The van der Waals surface area contributed by atoms with Gasteiger partial charge in [-0.2, -0.15) is 0 Å². The smallest absolute Gasteiger partial charge is 0.136 e. The number of furan rings is 1. The van der Waals surface area contributed by atoms with Crippen LogP contribution in [0.25, 0.3) is 103 Å². The molecule has 3 aromatic heterocycles. The Balaban J connectivity index is 1.15. The fraction of sp³-hybridized carbons (Fsp3) is 0. The Bertz CT molecular complexity index is 3030. The highest BCUT2D eigenvalue weighted by molar-refractivity contribution is 7.26. The van der Waals surface area contributed by atoms with Gasteiger partial charge >= 0.3 is 0 Å². The van der Waals surface area contributed by atoms with Gasteiger partial charge in [0, 0.05) is 37.0 Å². The Morgan fingerprint density at radius 1 is 0.392 bits per heavy atom. The number of nitrogens with zero attached hydrogens (tertiary/aromatic N) is 1. The van der Waals surface area contributed by atoms with Gasteiger partial charge in [-0.15, -0.1) is 11.3 Å². The molecule has 11 rings (SSSR count). The van der Waals surface area contributed by atoms with E-state index in [9.17, 15) is 0 Å². The number of aromatic nitrogens is 1. The number of hydrogen-bond donors (Lipinski definition) is 0. The van der Waals surface area contributed by atoms with Crippen LogP contribution < -0.4 is 0 Å². The topological polar surface area (TPSA) is 18.1 Å². The van der Waals surface area contributed by atoms with E-state index in [1.165, 1.54) is 86.4 Å². The number of hydrogen-bond acceptors (Lipinski definition) is 2. The molecule has 2 nitrogen and oxygen atoms in total. The number of rotatable bonds is 4. The van der Waals surface area contributed by atoms with E-state index in [0.29, 0.717) is 0 Å². The molecule has 51 heavy (non-hydrogen) atoms. The molecule has 0 atom stereocenters. The normalized spacial score (nSPS) is 11.9. The lowest BCUT2D eigenvalue weighted by atomic mass is 9.98. The minimum atomic E-state index is 0.920. The van der Waals surface area contributed by atoms with Crippen LogP contribution in [0.3, 0.4) is 0 Å². The van der Waals surface area contributed by atoms with Crippen molar-refractivity contribution in [3.8, 4) is 39.1 Å². The molecule has 8 aromatic carbocycles. The van der Waals surface area contributed by atoms with E-state index in [2.05, 4.69) is 174 Å². The van der Waals surface area contributed by atoms with Gasteiger partial charge in [-0.1, -0.05) is 121 Å². The van der Waals surface area contributed by atoms with Crippen molar-refractivity contribution in [2.45, 2.75) is 0 Å². The molecule has 0 saturated carbocycles. The molecule has 0 N–H and O–H groups in total. The third kappa shape index (κ3) is 4.35. The van der Waals surface area contributed by atoms with E-state index < -0.39 is 0 Å². The zero-order valence-electron chi connectivity index (χ0n) is 27.5. The van der Waals surface area contributed by atoms with Crippen LogP contribution in [0, 0.1) is 0 Å². The molecule has 0 spiro atoms. The third-order valence-corrected chi connectivity index (χ3v) is 11.6. The highest BCUT2D eigenvalue weighted by atomic mass is 32.1. The first-order valence-electron chi connectivity index (χ1n) is 17.3. The van der Waals surface area contributed by atoms with Crippen molar-refractivity contribution in [1.29, 1.82) is 0 Å². The molecular formula is C48H29NOS. The highest BCUT2D eigenvalue weighted by Gasteiger charge is 2.19. The van der Waals surface area contributed by atoms with Gasteiger partial charge in [0.05, 0.1) is 21.4 Å². The second-order valence-electron chi connectivity index (χ2n) is 13.3. The van der Waals surface area contributed by atoms with E-state index >= 15 is 0 Å². The van der Waals surface area contributed by atoms with Gasteiger partial charge in [0.25, 0.3) is 0 Å². The van der Waals surface area contributed by atoms with Gasteiger partial charge in [-0.25, -0.2) is 0 Å². The molecule has 0 aliphatic carbocycles. The minimum absolute atomic E-state index is 0.920. The summed E-state index contributed by atoms with van der Waals surface area (Å²) in [6.45, 7) is 0. The molecule has 0 radical (unpaired) electrons. The molecule has 0 aliphatic heterocycles. The molecular weight excluding hydrogens is 639 g/mol. The van der Waals surface area contributed by atoms with Gasteiger partial charge in [-0.3, -0.25) is 0 Å². The molecule has 0 fully saturated rings. The van der Waals surface area contributed by atoms with E-state index in [1.54, 1.807) is 0 Å². The van der Waals surface area contributed by atoms with Crippen molar-refractivity contribution in [1.82, 2.24) is 4.57 Å². The average Bonchev–Trinajstić information content (AvgIpc) is 3.87. The fourth-order valence-corrected chi connectivity index (χ4v) is 9.23. The predicted octanol–water partition coefficient (Wildman–Crippen LogP) is 14.1. The zero-order valence-corrected chi connectivity index (χ0v) is 28.3. The molecule has 0 aliphatic rings. The molecule has 3 heterocycles. The highest BCUT2D eigenvalue weighted by Crippen LogP contribution is 2.44. The molecule has 11 aromatic rings. The van der Waals surface area contributed by atoms with Crippen molar-refractivity contribution in [3.05, 3.63) is 176 Å². The first-order valence-corrected chi connectivity index (χ1v) is 18.2. The zero-order chi connectivity index (χ0) is 33.5. The van der Waals surface area contributed by atoms with Crippen LogP contribution in [0.2, 0.25) is 0 Å². The predicted molar refractivity (Wildman–Crippen MR) is 217 cm³/mol. The van der Waals surface area contributed by atoms with Gasteiger partial charge in [-0.05, 0) is 88.0 Å². The van der Waals surface area contributed by atoms with Crippen LogP contribution in [-0.2, 0) is 0 Å². The summed E-state index contributed by atoms with van der Waals surface area (Å²) in [5.74, 6) is 0. The lowest BCUT2D eigenvalue weighted by Crippen LogP contribution is -1.94. The summed E-state index contributed by atoms with van der Waals surface area (Å²) in [7, 11) is 0. The van der Waals surface area contributed by atoms with Gasteiger partial charge in [0.15, 0.2) is 0 Å². The Kier molecular flexibility index (Phi) is 6.16. The van der Waals surface area contributed by atoms with Gasteiger partial charge < -0.3 is 8.98 Å². The number of thiophene rings is 1. The Labute approximate surface area is 298 Å². The van der Waals surface area contributed by atoms with Crippen LogP contribution in [0.1, 0.15) is 0 Å². The van der Waals surface area contributed by atoms with Crippen molar-refractivity contribution < 1.29 is 4.42 Å². The Morgan fingerprint density at radius 3 is 1.71 bits per heavy atom. The molecule has 0 saturated heterocycles. The summed E-state index contributed by atoms with van der Waals surface area (Å²) in [6, 6.07) is 63.7. The Hall–Kier alpha value is -6.42. The summed E-state index contributed by atoms with van der Waals surface area (Å²) < 4.78 is 11.3. The average molecular weight is 668 g/mol. The first-order chi connectivity index (χ1) is 25.3. The van der Waals surface area contributed by atoms with Gasteiger partial charge in [0.2, 0.25) is 0 Å². The summed E-state index contributed by atoms with van der Waals surface area (Å²) in [4.78, 5) is 0.